The Morgan fingerprint density at radius 1 is 1.37 bits per heavy atom. The number of amides is 2. The van der Waals surface area contributed by atoms with Gasteiger partial charge in [0.05, 0.1) is 0 Å². The van der Waals surface area contributed by atoms with Crippen LogP contribution in [0.3, 0.4) is 0 Å². The molecule has 1 aromatic rings. The number of carbonyl (C=O) groups excluding carboxylic acids is 1. The fourth-order valence-electron chi connectivity index (χ4n) is 2.86. The molecule has 2 amide bonds. The summed E-state index contributed by atoms with van der Waals surface area (Å²) in [5.74, 6) is 0.616. The van der Waals surface area contributed by atoms with E-state index in [0.717, 1.165) is 30.8 Å². The van der Waals surface area contributed by atoms with Crippen molar-refractivity contribution in [2.24, 2.45) is 5.92 Å². The first-order chi connectivity index (χ1) is 8.99. The van der Waals surface area contributed by atoms with Gasteiger partial charge in [0.1, 0.15) is 0 Å². The number of hydrogen-bond acceptors (Lipinski definition) is 1. The average Bonchev–Trinajstić information content (AvgIpc) is 2.37. The van der Waals surface area contributed by atoms with E-state index < -0.39 is 0 Å². The molecule has 0 radical (unpaired) electrons. The molecule has 1 unspecified atom stereocenters. The van der Waals surface area contributed by atoms with Crippen LogP contribution < -0.4 is 4.90 Å². The number of urea groups is 1. The van der Waals surface area contributed by atoms with Gasteiger partial charge in [-0.15, -0.1) is 0 Å². The van der Waals surface area contributed by atoms with Gasteiger partial charge in [-0.25, -0.2) is 4.79 Å². The lowest BCUT2D eigenvalue weighted by molar-refractivity contribution is 0.177. The molecule has 2 rings (SSSR count). The fourth-order valence-corrected chi connectivity index (χ4v) is 2.86. The fraction of sp³-hybridized carbons (Fsp3) is 0.562. The van der Waals surface area contributed by atoms with Gasteiger partial charge in [-0.2, -0.15) is 0 Å². The van der Waals surface area contributed by atoms with Gasteiger partial charge in [0.25, 0.3) is 0 Å². The molecular formula is C16H24N2O. The van der Waals surface area contributed by atoms with Crippen LogP contribution in [0.4, 0.5) is 10.5 Å². The van der Waals surface area contributed by atoms with Crippen molar-refractivity contribution in [3.63, 3.8) is 0 Å². The Balaban J connectivity index is 2.14. The van der Waals surface area contributed by atoms with Gasteiger partial charge in [-0.1, -0.05) is 24.6 Å². The molecule has 1 fully saturated rings. The van der Waals surface area contributed by atoms with Crippen molar-refractivity contribution in [3.05, 3.63) is 29.3 Å². The molecule has 1 aliphatic heterocycles. The third-order valence-electron chi connectivity index (χ3n) is 3.93. The van der Waals surface area contributed by atoms with Crippen molar-refractivity contribution < 1.29 is 4.79 Å². The van der Waals surface area contributed by atoms with Gasteiger partial charge < -0.3 is 4.90 Å². The zero-order chi connectivity index (χ0) is 14.0. The topological polar surface area (TPSA) is 23.6 Å². The molecule has 1 heterocycles. The first kappa shape index (κ1) is 13.9. The van der Waals surface area contributed by atoms with E-state index >= 15 is 0 Å². The van der Waals surface area contributed by atoms with Crippen LogP contribution in [-0.4, -0.2) is 31.1 Å². The van der Waals surface area contributed by atoms with Crippen LogP contribution in [0.1, 0.15) is 30.9 Å². The lowest BCUT2D eigenvalue weighted by Gasteiger charge is -2.34. The summed E-state index contributed by atoms with van der Waals surface area (Å²) in [6.07, 6.45) is 2.35. The van der Waals surface area contributed by atoms with Gasteiger partial charge >= 0.3 is 6.03 Å². The third kappa shape index (κ3) is 3.09. The largest absolute Gasteiger partial charge is 0.324 e. The maximum absolute atomic E-state index is 12.5. The highest BCUT2D eigenvalue weighted by Crippen LogP contribution is 2.23. The second-order valence-electron chi connectivity index (χ2n) is 5.82. The monoisotopic (exact) mass is 260 g/mol. The standard InChI is InChI=1S/C16H24N2O/c1-12-7-8-15(14(3)10-12)17(4)16(19)18-9-5-6-13(2)11-18/h7-8,10,13H,5-6,9,11H2,1-4H3. The Kier molecular flexibility index (Phi) is 4.13. The molecule has 0 spiro atoms. The van der Waals surface area contributed by atoms with Gasteiger partial charge in [0, 0.05) is 25.8 Å². The molecule has 0 bridgehead atoms. The summed E-state index contributed by atoms with van der Waals surface area (Å²) in [6, 6.07) is 6.34. The molecule has 0 saturated carbocycles. The average molecular weight is 260 g/mol. The summed E-state index contributed by atoms with van der Waals surface area (Å²) >= 11 is 0. The summed E-state index contributed by atoms with van der Waals surface area (Å²) in [7, 11) is 1.87. The van der Waals surface area contributed by atoms with Crippen LogP contribution >= 0.6 is 0 Å². The van der Waals surface area contributed by atoms with Crippen molar-refractivity contribution in [1.82, 2.24) is 4.90 Å². The number of nitrogens with zero attached hydrogens (tertiary/aromatic N) is 2. The van der Waals surface area contributed by atoms with E-state index in [2.05, 4.69) is 32.9 Å². The molecular weight excluding hydrogens is 236 g/mol. The summed E-state index contributed by atoms with van der Waals surface area (Å²) < 4.78 is 0. The highest BCUT2D eigenvalue weighted by Gasteiger charge is 2.24. The lowest BCUT2D eigenvalue weighted by atomic mass is 10.0. The van der Waals surface area contributed by atoms with Crippen molar-refractivity contribution >= 4 is 11.7 Å². The van der Waals surface area contributed by atoms with E-state index in [1.54, 1.807) is 4.90 Å². The van der Waals surface area contributed by atoms with Crippen LogP contribution in [0.2, 0.25) is 0 Å². The van der Waals surface area contributed by atoms with Crippen molar-refractivity contribution in [2.45, 2.75) is 33.6 Å². The van der Waals surface area contributed by atoms with Crippen molar-refractivity contribution in [1.29, 1.82) is 0 Å². The molecule has 104 valence electrons. The molecule has 0 aromatic heterocycles. The molecule has 3 heteroatoms. The van der Waals surface area contributed by atoms with E-state index in [0.29, 0.717) is 5.92 Å². The maximum atomic E-state index is 12.5. The number of carbonyl (C=O) groups is 1. The molecule has 3 nitrogen and oxygen atoms in total. The minimum Gasteiger partial charge on any atom is -0.324 e. The normalized spacial score (nSPS) is 19.4. The highest BCUT2D eigenvalue weighted by atomic mass is 16.2. The number of likely N-dealkylation sites (tertiary alicyclic amines) is 1. The molecule has 0 N–H and O–H groups in total. The number of aryl methyl sites for hydroxylation is 2. The van der Waals surface area contributed by atoms with Gasteiger partial charge in [-0.3, -0.25) is 4.90 Å². The van der Waals surface area contributed by atoms with Crippen molar-refractivity contribution in [2.75, 3.05) is 25.0 Å². The second kappa shape index (κ2) is 5.64. The molecule has 0 aliphatic carbocycles. The van der Waals surface area contributed by atoms with E-state index in [1.807, 2.05) is 18.0 Å². The Hall–Kier alpha value is -1.51. The summed E-state index contributed by atoms with van der Waals surface area (Å²) in [6.45, 7) is 8.12. The predicted molar refractivity (Wildman–Crippen MR) is 79.7 cm³/mol. The molecule has 1 aliphatic rings. The van der Waals surface area contributed by atoms with Crippen molar-refractivity contribution in [3.8, 4) is 0 Å². The van der Waals surface area contributed by atoms with Crippen LogP contribution in [0.5, 0.6) is 0 Å². The zero-order valence-corrected chi connectivity index (χ0v) is 12.4. The number of benzene rings is 1. The van der Waals surface area contributed by atoms with E-state index in [-0.39, 0.29) is 6.03 Å². The molecule has 1 aromatic carbocycles. The maximum Gasteiger partial charge on any atom is 0.324 e. The Morgan fingerprint density at radius 2 is 2.11 bits per heavy atom. The number of hydrogen-bond donors (Lipinski definition) is 0. The van der Waals surface area contributed by atoms with Crippen LogP contribution in [-0.2, 0) is 0 Å². The smallest absolute Gasteiger partial charge is 0.324 e. The molecule has 1 atom stereocenters. The van der Waals surface area contributed by atoms with Gasteiger partial charge in [0.15, 0.2) is 0 Å². The van der Waals surface area contributed by atoms with E-state index in [9.17, 15) is 4.79 Å². The zero-order valence-electron chi connectivity index (χ0n) is 12.4. The second-order valence-corrected chi connectivity index (χ2v) is 5.82. The van der Waals surface area contributed by atoms with Crippen LogP contribution in [0.25, 0.3) is 0 Å². The van der Waals surface area contributed by atoms with E-state index in [4.69, 9.17) is 0 Å². The predicted octanol–water partition coefficient (Wildman–Crippen LogP) is 3.59. The number of rotatable bonds is 1. The minimum absolute atomic E-state index is 0.124. The van der Waals surface area contributed by atoms with Gasteiger partial charge in [-0.05, 0) is 44.2 Å². The molecule has 1 saturated heterocycles. The van der Waals surface area contributed by atoms with Gasteiger partial charge in [0.2, 0.25) is 0 Å². The van der Waals surface area contributed by atoms with E-state index in [1.165, 1.54) is 12.0 Å². The summed E-state index contributed by atoms with van der Waals surface area (Å²) in [4.78, 5) is 16.3. The Morgan fingerprint density at radius 3 is 2.74 bits per heavy atom. The number of piperidine rings is 1. The molecule has 19 heavy (non-hydrogen) atoms. The SMILES string of the molecule is Cc1ccc(N(C)C(=O)N2CCCC(C)C2)c(C)c1. The summed E-state index contributed by atoms with van der Waals surface area (Å²) in [5.41, 5.74) is 3.39. The quantitative estimate of drug-likeness (QED) is 0.757. The first-order valence-corrected chi connectivity index (χ1v) is 7.09. The lowest BCUT2D eigenvalue weighted by Crippen LogP contribution is -2.46. The number of anilines is 1. The summed E-state index contributed by atoms with van der Waals surface area (Å²) in [5, 5.41) is 0. The van der Waals surface area contributed by atoms with Crippen LogP contribution in [0.15, 0.2) is 18.2 Å². The Labute approximate surface area is 116 Å². The highest BCUT2D eigenvalue weighted by molar-refractivity contribution is 5.92. The minimum atomic E-state index is 0.124. The Bertz CT molecular complexity index is 470. The third-order valence-corrected chi connectivity index (χ3v) is 3.93. The first-order valence-electron chi connectivity index (χ1n) is 7.09. The van der Waals surface area contributed by atoms with Crippen LogP contribution in [0, 0.1) is 19.8 Å².